The molecule has 2 heterocycles. The van der Waals surface area contributed by atoms with Crippen LogP contribution in [0.3, 0.4) is 0 Å². The molecule has 0 aliphatic carbocycles. The number of oxazole rings is 1. The first kappa shape index (κ1) is 13.0. The number of aromatic hydroxyl groups is 1. The summed E-state index contributed by atoms with van der Waals surface area (Å²) in [5.74, 6) is 0.484. The normalized spacial score (nSPS) is 11.1. The van der Waals surface area contributed by atoms with E-state index in [-0.39, 0.29) is 5.75 Å². The SMILES string of the molecule is Oc1ccc(-n2cccc2)cc1-c1nc2cc(Cl)ccc2o1. The second-order valence-corrected chi connectivity index (χ2v) is 5.36. The molecule has 0 unspecified atom stereocenters. The van der Waals surface area contributed by atoms with Gasteiger partial charge in [-0.25, -0.2) is 4.98 Å². The molecule has 1 N–H and O–H groups in total. The van der Waals surface area contributed by atoms with Crippen molar-refractivity contribution in [3.8, 4) is 22.9 Å². The van der Waals surface area contributed by atoms with Crippen LogP contribution in [0, 0.1) is 0 Å². The number of aromatic nitrogens is 2. The summed E-state index contributed by atoms with van der Waals surface area (Å²) in [5.41, 5.74) is 2.75. The fourth-order valence-electron chi connectivity index (χ4n) is 2.38. The molecular formula is C17H11ClN2O2. The topological polar surface area (TPSA) is 51.2 Å². The van der Waals surface area contributed by atoms with E-state index in [4.69, 9.17) is 16.0 Å². The molecule has 0 atom stereocenters. The van der Waals surface area contributed by atoms with Crippen LogP contribution in [0.1, 0.15) is 0 Å². The number of rotatable bonds is 2. The average molecular weight is 311 g/mol. The standard InChI is InChI=1S/C17H11ClN2O2/c18-11-3-6-16-14(9-11)19-17(22-16)13-10-12(4-5-15(13)21)20-7-1-2-8-20/h1-10,21H. The van der Waals surface area contributed by atoms with Gasteiger partial charge in [-0.3, -0.25) is 0 Å². The number of nitrogens with zero attached hydrogens (tertiary/aromatic N) is 2. The predicted molar refractivity (Wildman–Crippen MR) is 85.4 cm³/mol. The number of halogens is 1. The molecule has 2 aromatic carbocycles. The van der Waals surface area contributed by atoms with Crippen molar-refractivity contribution in [2.24, 2.45) is 0 Å². The molecule has 4 rings (SSSR count). The highest BCUT2D eigenvalue weighted by atomic mass is 35.5. The van der Waals surface area contributed by atoms with Gasteiger partial charge < -0.3 is 14.1 Å². The van der Waals surface area contributed by atoms with Gasteiger partial charge in [0.2, 0.25) is 5.89 Å². The zero-order valence-electron chi connectivity index (χ0n) is 11.4. The minimum atomic E-state index is 0.119. The Morgan fingerprint density at radius 3 is 2.68 bits per heavy atom. The zero-order chi connectivity index (χ0) is 15.1. The summed E-state index contributed by atoms with van der Waals surface area (Å²) in [6.45, 7) is 0. The molecule has 4 aromatic rings. The van der Waals surface area contributed by atoms with Gasteiger partial charge in [0, 0.05) is 23.1 Å². The lowest BCUT2D eigenvalue weighted by Gasteiger charge is -2.06. The van der Waals surface area contributed by atoms with Crippen molar-refractivity contribution in [1.29, 1.82) is 0 Å². The number of fused-ring (bicyclic) bond motifs is 1. The Kier molecular flexibility index (Phi) is 2.91. The van der Waals surface area contributed by atoms with Crippen molar-refractivity contribution in [3.63, 3.8) is 0 Å². The third-order valence-electron chi connectivity index (χ3n) is 3.46. The molecule has 0 saturated carbocycles. The lowest BCUT2D eigenvalue weighted by molar-refractivity contribution is 0.474. The fourth-order valence-corrected chi connectivity index (χ4v) is 2.54. The van der Waals surface area contributed by atoms with E-state index >= 15 is 0 Å². The third-order valence-corrected chi connectivity index (χ3v) is 3.70. The summed E-state index contributed by atoms with van der Waals surface area (Å²) in [7, 11) is 0. The van der Waals surface area contributed by atoms with E-state index in [1.165, 1.54) is 0 Å². The molecule has 0 aliphatic heterocycles. The highest BCUT2D eigenvalue weighted by Crippen LogP contribution is 2.33. The van der Waals surface area contributed by atoms with Crippen LogP contribution >= 0.6 is 11.6 Å². The van der Waals surface area contributed by atoms with Gasteiger partial charge in [-0.2, -0.15) is 0 Å². The van der Waals surface area contributed by atoms with Crippen LogP contribution < -0.4 is 0 Å². The second-order valence-electron chi connectivity index (χ2n) is 4.92. The van der Waals surface area contributed by atoms with Gasteiger partial charge >= 0.3 is 0 Å². The number of benzene rings is 2. The summed E-state index contributed by atoms with van der Waals surface area (Å²) in [6.07, 6.45) is 3.87. The van der Waals surface area contributed by atoms with E-state index in [1.807, 2.05) is 41.2 Å². The molecule has 22 heavy (non-hydrogen) atoms. The van der Waals surface area contributed by atoms with E-state index < -0.39 is 0 Å². The van der Waals surface area contributed by atoms with Crippen molar-refractivity contribution in [2.75, 3.05) is 0 Å². The quantitative estimate of drug-likeness (QED) is 0.586. The first-order valence-corrected chi connectivity index (χ1v) is 7.11. The summed E-state index contributed by atoms with van der Waals surface area (Å²) in [6, 6.07) is 14.4. The first-order valence-electron chi connectivity index (χ1n) is 6.73. The molecule has 0 fully saturated rings. The van der Waals surface area contributed by atoms with Crippen LogP contribution in [0.5, 0.6) is 5.75 Å². The Labute approximate surface area is 131 Å². The summed E-state index contributed by atoms with van der Waals surface area (Å²) >= 11 is 5.96. The summed E-state index contributed by atoms with van der Waals surface area (Å²) < 4.78 is 7.67. The molecule has 4 nitrogen and oxygen atoms in total. The number of phenolic OH excluding ortho intramolecular Hbond substituents is 1. The van der Waals surface area contributed by atoms with Gasteiger partial charge in [-0.15, -0.1) is 0 Å². The van der Waals surface area contributed by atoms with Crippen LogP contribution in [-0.2, 0) is 0 Å². The van der Waals surface area contributed by atoms with Crippen LogP contribution in [-0.4, -0.2) is 14.7 Å². The monoisotopic (exact) mass is 310 g/mol. The number of hydrogen-bond donors (Lipinski definition) is 1. The molecule has 5 heteroatoms. The average Bonchev–Trinajstić information content (AvgIpc) is 3.16. The van der Waals surface area contributed by atoms with Gasteiger partial charge in [-0.1, -0.05) is 11.6 Å². The van der Waals surface area contributed by atoms with Gasteiger partial charge in [0.15, 0.2) is 5.58 Å². The van der Waals surface area contributed by atoms with Gasteiger partial charge in [-0.05, 0) is 48.5 Å². The van der Waals surface area contributed by atoms with Crippen LogP contribution in [0.25, 0.3) is 28.2 Å². The summed E-state index contributed by atoms with van der Waals surface area (Å²) in [5, 5.41) is 10.7. The molecule has 0 bridgehead atoms. The Morgan fingerprint density at radius 2 is 1.86 bits per heavy atom. The van der Waals surface area contributed by atoms with E-state index in [1.54, 1.807) is 24.3 Å². The predicted octanol–water partition coefficient (Wildman–Crippen LogP) is 4.64. The second kappa shape index (κ2) is 4.93. The Hall–Kier alpha value is -2.72. The first-order chi connectivity index (χ1) is 10.7. The molecule has 0 spiro atoms. The Bertz CT molecular complexity index is 958. The van der Waals surface area contributed by atoms with Crippen LogP contribution in [0.15, 0.2) is 65.3 Å². The van der Waals surface area contributed by atoms with Crippen molar-refractivity contribution in [3.05, 3.63) is 65.9 Å². The molecule has 2 aromatic heterocycles. The highest BCUT2D eigenvalue weighted by Gasteiger charge is 2.13. The maximum absolute atomic E-state index is 10.1. The number of phenols is 1. The van der Waals surface area contributed by atoms with Crippen LogP contribution in [0.4, 0.5) is 0 Å². The lowest BCUT2D eigenvalue weighted by Crippen LogP contribution is -1.90. The lowest BCUT2D eigenvalue weighted by atomic mass is 10.1. The van der Waals surface area contributed by atoms with Gasteiger partial charge in [0.25, 0.3) is 0 Å². The Morgan fingerprint density at radius 1 is 1.05 bits per heavy atom. The number of hydrogen-bond acceptors (Lipinski definition) is 3. The zero-order valence-corrected chi connectivity index (χ0v) is 12.2. The van der Waals surface area contributed by atoms with Gasteiger partial charge in [0.05, 0.1) is 5.56 Å². The molecule has 0 amide bonds. The smallest absolute Gasteiger partial charge is 0.231 e. The van der Waals surface area contributed by atoms with E-state index in [9.17, 15) is 5.11 Å². The molecular weight excluding hydrogens is 300 g/mol. The van der Waals surface area contributed by atoms with Crippen molar-refractivity contribution >= 4 is 22.7 Å². The minimum Gasteiger partial charge on any atom is -0.507 e. The maximum Gasteiger partial charge on any atom is 0.231 e. The van der Waals surface area contributed by atoms with Gasteiger partial charge in [0.1, 0.15) is 11.3 Å². The highest BCUT2D eigenvalue weighted by molar-refractivity contribution is 6.31. The summed E-state index contributed by atoms with van der Waals surface area (Å²) in [4.78, 5) is 4.41. The van der Waals surface area contributed by atoms with E-state index in [0.717, 1.165) is 5.69 Å². The largest absolute Gasteiger partial charge is 0.507 e. The molecule has 0 saturated heterocycles. The van der Waals surface area contributed by atoms with Crippen molar-refractivity contribution in [1.82, 2.24) is 9.55 Å². The Balaban J connectivity index is 1.88. The maximum atomic E-state index is 10.1. The van der Waals surface area contributed by atoms with Crippen molar-refractivity contribution < 1.29 is 9.52 Å². The van der Waals surface area contributed by atoms with E-state index in [0.29, 0.717) is 27.6 Å². The van der Waals surface area contributed by atoms with Crippen LogP contribution in [0.2, 0.25) is 5.02 Å². The van der Waals surface area contributed by atoms with E-state index in [2.05, 4.69) is 4.98 Å². The molecule has 0 aliphatic rings. The third kappa shape index (κ3) is 2.14. The van der Waals surface area contributed by atoms with Crippen molar-refractivity contribution in [2.45, 2.75) is 0 Å². The minimum absolute atomic E-state index is 0.119. The fraction of sp³-hybridized carbons (Fsp3) is 0. The molecule has 0 radical (unpaired) electrons. The molecule has 108 valence electrons.